The maximum Gasteiger partial charge on any atom is 0.293 e. The monoisotopic (exact) mass is 463 g/mol. The van der Waals surface area contributed by atoms with Crippen LogP contribution in [-0.2, 0) is 16.3 Å². The molecule has 164 valence electrons. The van der Waals surface area contributed by atoms with Gasteiger partial charge in [-0.05, 0) is 30.2 Å². The highest BCUT2D eigenvalue weighted by Gasteiger charge is 2.24. The Morgan fingerprint density at radius 2 is 1.94 bits per heavy atom. The summed E-state index contributed by atoms with van der Waals surface area (Å²) in [4.78, 5) is 15.2. The number of rotatable bonds is 6. The molecule has 31 heavy (non-hydrogen) atoms. The van der Waals surface area contributed by atoms with Gasteiger partial charge in [0.05, 0.1) is 10.5 Å². The zero-order valence-corrected chi connectivity index (χ0v) is 18.8. The van der Waals surface area contributed by atoms with Gasteiger partial charge in [-0.3, -0.25) is 0 Å². The van der Waals surface area contributed by atoms with E-state index in [4.69, 9.17) is 4.74 Å². The van der Waals surface area contributed by atoms with E-state index in [1.54, 1.807) is 0 Å². The van der Waals surface area contributed by atoms with E-state index in [0.29, 0.717) is 5.19 Å². The molecule has 2 aromatic heterocycles. The van der Waals surface area contributed by atoms with E-state index in [-0.39, 0.29) is 22.4 Å². The number of aromatic nitrogens is 4. The topological polar surface area (TPSA) is 98.2 Å². The van der Waals surface area contributed by atoms with Crippen LogP contribution < -0.4 is 9.64 Å². The first kappa shape index (κ1) is 21.6. The standard InChI is InChI=1S/C20H22FN5O3S2/c1-3-13-11-22-19(23-12-13)26-8-6-14(7-9-26)29-20-24-18(25-30-20)16-5-4-15(10-17(16)21)31(2,27)28/h4-5,10-12,14H,3,6-9H2,1-2H3. The first-order valence-corrected chi connectivity index (χ1v) is 12.6. The number of hydrogen-bond donors (Lipinski definition) is 0. The smallest absolute Gasteiger partial charge is 0.293 e. The van der Waals surface area contributed by atoms with Crippen molar-refractivity contribution >= 4 is 27.3 Å². The second-order valence-corrected chi connectivity index (χ2v) is 10.1. The number of sulfone groups is 1. The first-order chi connectivity index (χ1) is 14.8. The van der Waals surface area contributed by atoms with Gasteiger partial charge < -0.3 is 9.64 Å². The van der Waals surface area contributed by atoms with Gasteiger partial charge in [0.15, 0.2) is 15.7 Å². The minimum atomic E-state index is -3.48. The van der Waals surface area contributed by atoms with Crippen molar-refractivity contribution in [3.63, 3.8) is 0 Å². The number of hydrogen-bond acceptors (Lipinski definition) is 9. The number of nitrogens with zero attached hydrogens (tertiary/aromatic N) is 5. The molecule has 0 amide bonds. The molecule has 0 bridgehead atoms. The van der Waals surface area contributed by atoms with Crippen LogP contribution in [0.1, 0.15) is 25.3 Å². The molecular formula is C20H22FN5O3S2. The Morgan fingerprint density at radius 3 is 2.55 bits per heavy atom. The molecule has 1 aliphatic rings. The fourth-order valence-corrected chi connectivity index (χ4v) is 4.53. The van der Waals surface area contributed by atoms with Crippen LogP contribution >= 0.6 is 11.5 Å². The molecule has 11 heteroatoms. The van der Waals surface area contributed by atoms with Crippen molar-refractivity contribution in [2.24, 2.45) is 0 Å². The lowest BCUT2D eigenvalue weighted by Crippen LogP contribution is -2.39. The summed E-state index contributed by atoms with van der Waals surface area (Å²) in [6.07, 6.45) is 7.20. The molecule has 0 N–H and O–H groups in total. The summed E-state index contributed by atoms with van der Waals surface area (Å²) >= 11 is 1.05. The Bertz CT molecular complexity index is 1160. The second kappa shape index (κ2) is 8.83. The van der Waals surface area contributed by atoms with Crippen molar-refractivity contribution in [1.29, 1.82) is 0 Å². The predicted molar refractivity (Wildman–Crippen MR) is 116 cm³/mol. The van der Waals surface area contributed by atoms with E-state index >= 15 is 0 Å². The number of aryl methyl sites for hydroxylation is 1. The SMILES string of the molecule is CCc1cnc(N2CCC(Oc3nc(-c4ccc(S(C)(=O)=O)cc4F)ns3)CC2)nc1. The van der Waals surface area contributed by atoms with E-state index in [9.17, 15) is 12.8 Å². The van der Waals surface area contributed by atoms with E-state index in [0.717, 1.165) is 67.7 Å². The highest BCUT2D eigenvalue weighted by molar-refractivity contribution is 7.90. The molecule has 0 saturated carbocycles. The third-order valence-corrected chi connectivity index (χ3v) is 6.83. The Morgan fingerprint density at radius 1 is 1.23 bits per heavy atom. The van der Waals surface area contributed by atoms with Crippen LogP contribution in [-0.4, -0.2) is 53.2 Å². The van der Waals surface area contributed by atoms with Crippen molar-refractivity contribution < 1.29 is 17.5 Å². The van der Waals surface area contributed by atoms with Gasteiger partial charge in [-0.25, -0.2) is 22.8 Å². The minimum absolute atomic E-state index is 0.0237. The van der Waals surface area contributed by atoms with Crippen LogP contribution in [0.25, 0.3) is 11.4 Å². The summed E-state index contributed by atoms with van der Waals surface area (Å²) in [6, 6.07) is 3.71. The third-order valence-electron chi connectivity index (χ3n) is 5.11. The van der Waals surface area contributed by atoms with Gasteiger partial charge in [0, 0.05) is 56.1 Å². The molecule has 3 aromatic rings. The molecule has 0 atom stereocenters. The van der Waals surface area contributed by atoms with Crippen molar-refractivity contribution in [2.75, 3.05) is 24.2 Å². The highest BCUT2D eigenvalue weighted by Crippen LogP contribution is 2.28. The Balaban J connectivity index is 1.37. The van der Waals surface area contributed by atoms with Crippen LogP contribution in [0.3, 0.4) is 0 Å². The van der Waals surface area contributed by atoms with Gasteiger partial charge in [-0.2, -0.15) is 9.36 Å². The van der Waals surface area contributed by atoms with Gasteiger partial charge in [0.25, 0.3) is 5.19 Å². The molecule has 0 unspecified atom stereocenters. The summed E-state index contributed by atoms with van der Waals surface area (Å²) in [5, 5.41) is 0.364. The van der Waals surface area contributed by atoms with Crippen LogP contribution in [0.4, 0.5) is 10.3 Å². The molecule has 1 saturated heterocycles. The normalized spacial score (nSPS) is 15.3. The van der Waals surface area contributed by atoms with E-state index in [1.807, 2.05) is 12.4 Å². The molecule has 4 rings (SSSR count). The average Bonchev–Trinajstić information content (AvgIpc) is 3.22. The van der Waals surface area contributed by atoms with Crippen molar-refractivity contribution in [1.82, 2.24) is 19.3 Å². The lowest BCUT2D eigenvalue weighted by atomic mass is 10.1. The minimum Gasteiger partial charge on any atom is -0.466 e. The molecule has 1 aliphatic heterocycles. The summed E-state index contributed by atoms with van der Waals surface area (Å²) < 4.78 is 47.7. The van der Waals surface area contributed by atoms with Crippen LogP contribution in [0, 0.1) is 5.82 Å². The molecule has 1 fully saturated rings. The molecule has 8 nitrogen and oxygen atoms in total. The fourth-order valence-electron chi connectivity index (χ4n) is 3.28. The summed E-state index contributed by atoms with van der Waals surface area (Å²) in [6.45, 7) is 3.60. The summed E-state index contributed by atoms with van der Waals surface area (Å²) in [7, 11) is -3.48. The second-order valence-electron chi connectivity index (χ2n) is 7.35. The summed E-state index contributed by atoms with van der Waals surface area (Å²) in [5.74, 6) is 0.218. The van der Waals surface area contributed by atoms with Crippen molar-refractivity contribution in [3.05, 3.63) is 42.0 Å². The summed E-state index contributed by atoms with van der Waals surface area (Å²) in [5.41, 5.74) is 1.25. The lowest BCUT2D eigenvalue weighted by molar-refractivity contribution is 0.170. The predicted octanol–water partition coefficient (Wildman–Crippen LogP) is 3.15. The maximum absolute atomic E-state index is 14.4. The van der Waals surface area contributed by atoms with E-state index in [1.165, 1.54) is 12.1 Å². The van der Waals surface area contributed by atoms with Gasteiger partial charge in [-0.1, -0.05) is 6.92 Å². The molecule has 0 radical (unpaired) electrons. The number of ether oxygens (including phenoxy) is 1. The number of piperidine rings is 1. The molecule has 3 heterocycles. The van der Waals surface area contributed by atoms with E-state index < -0.39 is 15.7 Å². The van der Waals surface area contributed by atoms with Gasteiger partial charge in [0.2, 0.25) is 5.95 Å². The number of halogens is 1. The van der Waals surface area contributed by atoms with Gasteiger partial charge in [0.1, 0.15) is 11.9 Å². The van der Waals surface area contributed by atoms with Gasteiger partial charge in [-0.15, -0.1) is 0 Å². The van der Waals surface area contributed by atoms with Crippen LogP contribution in [0.2, 0.25) is 0 Å². The zero-order valence-electron chi connectivity index (χ0n) is 17.2. The largest absolute Gasteiger partial charge is 0.466 e. The molecular weight excluding hydrogens is 441 g/mol. The zero-order chi connectivity index (χ0) is 22.0. The Labute approximate surface area is 184 Å². The van der Waals surface area contributed by atoms with Gasteiger partial charge >= 0.3 is 0 Å². The van der Waals surface area contributed by atoms with Crippen LogP contribution in [0.15, 0.2) is 35.5 Å². The number of anilines is 1. The molecule has 0 aliphatic carbocycles. The maximum atomic E-state index is 14.4. The molecule has 0 spiro atoms. The van der Waals surface area contributed by atoms with Crippen molar-refractivity contribution in [2.45, 2.75) is 37.2 Å². The van der Waals surface area contributed by atoms with Crippen LogP contribution in [0.5, 0.6) is 5.19 Å². The fraction of sp³-hybridized carbons (Fsp3) is 0.400. The third kappa shape index (κ3) is 4.99. The van der Waals surface area contributed by atoms with E-state index in [2.05, 4.69) is 31.1 Å². The Kier molecular flexibility index (Phi) is 6.15. The van der Waals surface area contributed by atoms with Crippen molar-refractivity contribution in [3.8, 4) is 16.6 Å². The quantitative estimate of drug-likeness (QED) is 0.550. The average molecular weight is 464 g/mol. The lowest BCUT2D eigenvalue weighted by Gasteiger charge is -2.31. The first-order valence-electron chi connectivity index (χ1n) is 9.89. The highest BCUT2D eigenvalue weighted by atomic mass is 32.2. The molecule has 1 aromatic carbocycles. The Hall–Kier alpha value is -2.66. The number of benzene rings is 1.